The molecule has 0 radical (unpaired) electrons. The van der Waals surface area contributed by atoms with Crippen LogP contribution in [0.25, 0.3) is 22.0 Å². The molecule has 1 aromatic heterocycles. The Balaban J connectivity index is 1.27. The number of benzene rings is 3. The zero-order valence-corrected chi connectivity index (χ0v) is 19.2. The quantitative estimate of drug-likeness (QED) is 0.334. The summed E-state index contributed by atoms with van der Waals surface area (Å²) in [5.74, 6) is -0.466. The Morgan fingerprint density at radius 2 is 1.68 bits per heavy atom. The van der Waals surface area contributed by atoms with Crippen molar-refractivity contribution in [2.24, 2.45) is 5.92 Å². The molecule has 8 heteroatoms. The van der Waals surface area contributed by atoms with Crippen LogP contribution in [0.5, 0.6) is 0 Å². The smallest absolute Gasteiger partial charge is 0.307 e. The first-order valence-electron chi connectivity index (χ1n) is 11.0. The van der Waals surface area contributed by atoms with E-state index in [0.29, 0.717) is 23.1 Å². The molecule has 34 heavy (non-hydrogen) atoms. The number of carboxylic acid groups (broad SMARTS) is 1. The summed E-state index contributed by atoms with van der Waals surface area (Å²) < 4.78 is 14.3. The van der Waals surface area contributed by atoms with Gasteiger partial charge in [-0.3, -0.25) is 9.59 Å². The fraction of sp³-hybridized carbons (Fsp3) is 0.231. The molecule has 1 atom stereocenters. The Hall–Kier alpha value is -3.52. The molecule has 0 amide bonds. The maximum absolute atomic E-state index is 13.1. The minimum absolute atomic E-state index is 0.207. The van der Waals surface area contributed by atoms with Crippen molar-refractivity contribution in [3.05, 3.63) is 94.5 Å². The summed E-state index contributed by atoms with van der Waals surface area (Å²) in [7, 11) is 0. The number of carbonyl (C=O) groups is 1. The summed E-state index contributed by atoms with van der Waals surface area (Å²) in [5.41, 5.74) is 3.41. The summed E-state index contributed by atoms with van der Waals surface area (Å²) >= 11 is 1.58. The van der Waals surface area contributed by atoms with Crippen LogP contribution in [0.2, 0.25) is 0 Å². The summed E-state index contributed by atoms with van der Waals surface area (Å²) in [6.07, 6.45) is 1.12. The first-order valence-corrected chi connectivity index (χ1v) is 12.1. The molecule has 0 aliphatic rings. The molecule has 174 valence electrons. The Bertz CT molecular complexity index is 1320. The van der Waals surface area contributed by atoms with Crippen molar-refractivity contribution in [1.29, 1.82) is 0 Å². The Morgan fingerprint density at radius 3 is 2.38 bits per heavy atom. The van der Waals surface area contributed by atoms with Crippen molar-refractivity contribution < 1.29 is 14.3 Å². The summed E-state index contributed by atoms with van der Waals surface area (Å²) in [4.78, 5) is 24.3. The van der Waals surface area contributed by atoms with Gasteiger partial charge in [0.15, 0.2) is 0 Å². The summed E-state index contributed by atoms with van der Waals surface area (Å²) in [6.45, 7) is 0.207. The first-order chi connectivity index (χ1) is 16.5. The molecule has 1 N–H and O–H groups in total. The van der Waals surface area contributed by atoms with Gasteiger partial charge in [0.25, 0.3) is 5.56 Å². The van der Waals surface area contributed by atoms with Crippen LogP contribution < -0.4 is 5.56 Å². The molecule has 0 bridgehead atoms. The fourth-order valence-corrected chi connectivity index (χ4v) is 4.79. The third-order valence-corrected chi connectivity index (χ3v) is 6.78. The Kier molecular flexibility index (Phi) is 7.69. The molecule has 0 aliphatic carbocycles. The van der Waals surface area contributed by atoms with E-state index in [1.165, 1.54) is 16.8 Å². The zero-order valence-electron chi connectivity index (χ0n) is 18.4. The van der Waals surface area contributed by atoms with Crippen LogP contribution >= 0.6 is 11.8 Å². The number of hydrogen-bond donors (Lipinski definition) is 1. The highest BCUT2D eigenvalue weighted by molar-refractivity contribution is 7.99. The molecule has 4 aromatic rings. The second-order valence-electron chi connectivity index (χ2n) is 7.99. The van der Waals surface area contributed by atoms with Gasteiger partial charge >= 0.3 is 5.97 Å². The van der Waals surface area contributed by atoms with Crippen molar-refractivity contribution in [2.45, 2.75) is 19.4 Å². The van der Waals surface area contributed by atoms with E-state index in [1.54, 1.807) is 48.2 Å². The van der Waals surface area contributed by atoms with Gasteiger partial charge in [0.1, 0.15) is 11.3 Å². The third kappa shape index (κ3) is 5.88. The van der Waals surface area contributed by atoms with Gasteiger partial charge in [-0.15, -0.1) is 5.10 Å². The van der Waals surface area contributed by atoms with Crippen LogP contribution in [-0.2, 0) is 17.8 Å². The van der Waals surface area contributed by atoms with E-state index in [0.717, 1.165) is 28.9 Å². The number of fused-ring (bicyclic) bond motifs is 1. The molecule has 3 aromatic carbocycles. The summed E-state index contributed by atoms with van der Waals surface area (Å²) in [6, 6.07) is 21.5. The predicted molar refractivity (Wildman–Crippen MR) is 132 cm³/mol. The van der Waals surface area contributed by atoms with Gasteiger partial charge in [0.05, 0.1) is 11.3 Å². The molecule has 0 fully saturated rings. The van der Waals surface area contributed by atoms with Gasteiger partial charge in [0.2, 0.25) is 0 Å². The average molecular weight is 478 g/mol. The maximum atomic E-state index is 13.1. The van der Waals surface area contributed by atoms with Gasteiger partial charge < -0.3 is 5.11 Å². The van der Waals surface area contributed by atoms with Crippen LogP contribution in [0.4, 0.5) is 4.39 Å². The molecule has 6 nitrogen and oxygen atoms in total. The van der Waals surface area contributed by atoms with Crippen LogP contribution in [0.15, 0.2) is 77.6 Å². The number of carboxylic acids is 1. The van der Waals surface area contributed by atoms with Gasteiger partial charge in [0, 0.05) is 12.3 Å². The van der Waals surface area contributed by atoms with E-state index in [2.05, 4.69) is 10.3 Å². The number of nitrogens with zero attached hydrogens (tertiary/aromatic N) is 3. The van der Waals surface area contributed by atoms with Crippen LogP contribution in [-0.4, -0.2) is 37.6 Å². The van der Waals surface area contributed by atoms with Crippen LogP contribution in [0.1, 0.15) is 12.0 Å². The standard InChI is InChI=1S/C26H24FN3O3S/c27-22-11-9-20(10-12-22)19-7-5-18(6-8-19)14-16-34-17-21(26(32)33)13-15-30-25(31)23-3-1-2-4-24(23)28-29-30/h1-12,21H,13-17H2,(H,32,33). The number of halogens is 1. The SMILES string of the molecule is O=C(O)C(CCn1nnc2ccccc2c1=O)CSCCc1ccc(-c2ccc(F)cc2)cc1. The number of aryl methyl sites for hydroxylation is 2. The largest absolute Gasteiger partial charge is 0.481 e. The molecule has 0 saturated heterocycles. The topological polar surface area (TPSA) is 85.1 Å². The second kappa shape index (κ2) is 11.1. The van der Waals surface area contributed by atoms with E-state index in [1.807, 2.05) is 24.3 Å². The van der Waals surface area contributed by atoms with E-state index >= 15 is 0 Å². The maximum Gasteiger partial charge on any atom is 0.307 e. The van der Waals surface area contributed by atoms with Gasteiger partial charge in [-0.25, -0.2) is 9.07 Å². The molecule has 4 rings (SSSR count). The zero-order chi connectivity index (χ0) is 23.9. The van der Waals surface area contributed by atoms with Crippen molar-refractivity contribution in [3.63, 3.8) is 0 Å². The molecular formula is C26H24FN3O3S. The van der Waals surface area contributed by atoms with E-state index in [9.17, 15) is 19.1 Å². The molecule has 0 saturated carbocycles. The number of hydrogen-bond acceptors (Lipinski definition) is 5. The highest BCUT2D eigenvalue weighted by Gasteiger charge is 2.18. The minimum atomic E-state index is -0.877. The van der Waals surface area contributed by atoms with Crippen LogP contribution in [0.3, 0.4) is 0 Å². The molecule has 0 spiro atoms. The number of rotatable bonds is 10. The predicted octanol–water partition coefficient (Wildman–Crippen LogP) is 4.66. The lowest BCUT2D eigenvalue weighted by molar-refractivity contribution is -0.141. The fourth-order valence-electron chi connectivity index (χ4n) is 3.65. The van der Waals surface area contributed by atoms with Crippen molar-refractivity contribution >= 4 is 28.6 Å². The van der Waals surface area contributed by atoms with Gasteiger partial charge in [-0.2, -0.15) is 11.8 Å². The minimum Gasteiger partial charge on any atom is -0.481 e. The van der Waals surface area contributed by atoms with E-state index in [-0.39, 0.29) is 17.9 Å². The van der Waals surface area contributed by atoms with Crippen molar-refractivity contribution in [2.75, 3.05) is 11.5 Å². The van der Waals surface area contributed by atoms with Crippen LogP contribution in [0, 0.1) is 11.7 Å². The normalized spacial score (nSPS) is 12.0. The Morgan fingerprint density at radius 1 is 1.00 bits per heavy atom. The highest BCUT2D eigenvalue weighted by Crippen LogP contribution is 2.21. The summed E-state index contributed by atoms with van der Waals surface area (Å²) in [5, 5.41) is 18.1. The molecular weight excluding hydrogens is 453 g/mol. The number of aliphatic carboxylic acids is 1. The number of aromatic nitrogens is 3. The first kappa shape index (κ1) is 23.6. The van der Waals surface area contributed by atoms with E-state index < -0.39 is 11.9 Å². The lowest BCUT2D eigenvalue weighted by Crippen LogP contribution is -2.27. The van der Waals surface area contributed by atoms with Crippen molar-refractivity contribution in [3.8, 4) is 11.1 Å². The molecule has 1 heterocycles. The van der Waals surface area contributed by atoms with E-state index in [4.69, 9.17) is 0 Å². The van der Waals surface area contributed by atoms with Crippen molar-refractivity contribution in [1.82, 2.24) is 15.0 Å². The van der Waals surface area contributed by atoms with Gasteiger partial charge in [-0.05, 0) is 59.6 Å². The highest BCUT2D eigenvalue weighted by atomic mass is 32.2. The van der Waals surface area contributed by atoms with Gasteiger partial charge in [-0.1, -0.05) is 53.7 Å². The number of thioether (sulfide) groups is 1. The third-order valence-electron chi connectivity index (χ3n) is 5.65. The Labute approximate surface area is 200 Å². The molecule has 0 aliphatic heterocycles. The average Bonchev–Trinajstić information content (AvgIpc) is 2.85. The second-order valence-corrected chi connectivity index (χ2v) is 9.14. The lowest BCUT2D eigenvalue weighted by atomic mass is 10.0. The lowest BCUT2D eigenvalue weighted by Gasteiger charge is -2.12. The monoisotopic (exact) mass is 477 g/mol. The molecule has 1 unspecified atom stereocenters.